The number of amides is 1. The largest absolute Gasteiger partial charge is 0.493 e. The van der Waals surface area contributed by atoms with E-state index in [0.717, 1.165) is 17.7 Å². The molecule has 0 saturated carbocycles. The summed E-state index contributed by atoms with van der Waals surface area (Å²) in [7, 11) is 1.36. The molecular weight excluding hydrogens is 367 g/mol. The summed E-state index contributed by atoms with van der Waals surface area (Å²) in [6, 6.07) is 6.55. The Bertz CT molecular complexity index is 904. The molecule has 0 spiro atoms. The van der Waals surface area contributed by atoms with E-state index in [-0.39, 0.29) is 17.1 Å². The zero-order chi connectivity index (χ0) is 18.7. The minimum Gasteiger partial charge on any atom is -0.493 e. The maximum atomic E-state index is 12.9. The quantitative estimate of drug-likeness (QED) is 0.730. The number of thiophene rings is 1. The average Bonchev–Trinajstić information content (AvgIpc) is 3.28. The second-order valence-electron chi connectivity index (χ2n) is 5.35. The highest BCUT2D eigenvalue weighted by atomic mass is 32.1. The van der Waals surface area contributed by atoms with E-state index in [1.807, 2.05) is 16.8 Å². The number of ether oxygens (including phenoxy) is 1. The summed E-state index contributed by atoms with van der Waals surface area (Å²) in [6.45, 7) is 0.321. The Morgan fingerprint density at radius 2 is 2.15 bits per heavy atom. The van der Waals surface area contributed by atoms with Gasteiger partial charge in [0.2, 0.25) is 0 Å². The van der Waals surface area contributed by atoms with Crippen LogP contribution in [-0.2, 0) is 12.7 Å². The number of halogens is 3. The molecule has 0 aliphatic carbocycles. The van der Waals surface area contributed by atoms with Crippen LogP contribution in [0.4, 0.5) is 13.2 Å². The topological polar surface area (TPSA) is 56.2 Å². The number of hydrogen-bond acceptors (Lipinski definition) is 4. The normalized spacial score (nSPS) is 11.4. The summed E-state index contributed by atoms with van der Waals surface area (Å²) in [6.07, 6.45) is -3.09. The molecule has 0 fully saturated rings. The molecule has 9 heteroatoms. The predicted octanol–water partition coefficient (Wildman–Crippen LogP) is 3.89. The molecule has 3 aromatic rings. The Morgan fingerprint density at radius 1 is 1.35 bits per heavy atom. The fourth-order valence-electron chi connectivity index (χ4n) is 2.28. The molecule has 3 rings (SSSR count). The van der Waals surface area contributed by atoms with Crippen LogP contribution in [0.25, 0.3) is 5.69 Å². The van der Waals surface area contributed by atoms with Crippen molar-refractivity contribution < 1.29 is 22.7 Å². The Labute approximate surface area is 151 Å². The lowest BCUT2D eigenvalue weighted by Crippen LogP contribution is -2.23. The Balaban J connectivity index is 1.85. The molecule has 0 aliphatic rings. The summed E-state index contributed by atoms with van der Waals surface area (Å²) < 4.78 is 45.0. The number of benzene rings is 1. The number of nitrogens with one attached hydrogen (secondary N) is 1. The minimum atomic E-state index is -4.46. The predicted molar refractivity (Wildman–Crippen MR) is 90.6 cm³/mol. The van der Waals surface area contributed by atoms with Gasteiger partial charge in [0.25, 0.3) is 5.91 Å². The summed E-state index contributed by atoms with van der Waals surface area (Å²) in [5, 5.41) is 10.6. The number of rotatable bonds is 5. The number of alkyl halides is 3. The van der Waals surface area contributed by atoms with Crippen molar-refractivity contribution in [1.29, 1.82) is 0 Å². The summed E-state index contributed by atoms with van der Waals surface area (Å²) in [4.78, 5) is 12.3. The van der Waals surface area contributed by atoms with E-state index < -0.39 is 17.6 Å². The molecule has 1 N–H and O–H groups in total. The van der Waals surface area contributed by atoms with Crippen LogP contribution in [0.1, 0.15) is 21.6 Å². The van der Waals surface area contributed by atoms with Crippen LogP contribution >= 0.6 is 11.3 Å². The number of nitrogens with zero attached hydrogens (tertiary/aromatic N) is 2. The van der Waals surface area contributed by atoms with Crippen molar-refractivity contribution >= 4 is 17.2 Å². The Kier molecular flexibility index (Phi) is 4.99. The monoisotopic (exact) mass is 381 g/mol. The molecule has 1 amide bonds. The lowest BCUT2D eigenvalue weighted by atomic mass is 10.2. The summed E-state index contributed by atoms with van der Waals surface area (Å²) >= 11 is 1.51. The first-order chi connectivity index (χ1) is 12.4. The second-order valence-corrected chi connectivity index (χ2v) is 6.13. The van der Waals surface area contributed by atoms with Crippen LogP contribution in [0, 0.1) is 0 Å². The third-order valence-electron chi connectivity index (χ3n) is 3.59. The SMILES string of the molecule is COc1cn(-c2cccc(C(F)(F)F)c2)nc1C(=O)NCc1ccsc1. The number of aromatic nitrogens is 2. The molecule has 26 heavy (non-hydrogen) atoms. The minimum absolute atomic E-state index is 0.000131. The zero-order valence-corrected chi connectivity index (χ0v) is 14.4. The van der Waals surface area contributed by atoms with Gasteiger partial charge >= 0.3 is 6.18 Å². The Hall–Kier alpha value is -2.81. The standard InChI is InChI=1S/C17H14F3N3O2S/c1-25-14-9-23(13-4-2-3-12(7-13)17(18,19)20)22-15(14)16(24)21-8-11-5-6-26-10-11/h2-7,9-10H,8H2,1H3,(H,21,24). The fraction of sp³-hybridized carbons (Fsp3) is 0.176. The lowest BCUT2D eigenvalue weighted by Gasteiger charge is -2.08. The van der Waals surface area contributed by atoms with E-state index in [4.69, 9.17) is 4.74 Å². The van der Waals surface area contributed by atoms with Crippen molar-refractivity contribution in [2.45, 2.75) is 12.7 Å². The number of hydrogen-bond donors (Lipinski definition) is 1. The summed E-state index contributed by atoms with van der Waals surface area (Å²) in [5.74, 6) is -0.302. The van der Waals surface area contributed by atoms with E-state index in [2.05, 4.69) is 10.4 Å². The van der Waals surface area contributed by atoms with Gasteiger partial charge in [-0.05, 0) is 40.6 Å². The van der Waals surface area contributed by atoms with Crippen LogP contribution in [0.15, 0.2) is 47.3 Å². The van der Waals surface area contributed by atoms with E-state index in [1.165, 1.54) is 41.5 Å². The van der Waals surface area contributed by atoms with Gasteiger partial charge in [-0.25, -0.2) is 4.68 Å². The van der Waals surface area contributed by atoms with Gasteiger partial charge in [0.05, 0.1) is 24.6 Å². The third kappa shape index (κ3) is 3.88. The molecule has 136 valence electrons. The Morgan fingerprint density at radius 3 is 2.81 bits per heavy atom. The van der Waals surface area contributed by atoms with Gasteiger partial charge in [-0.2, -0.15) is 29.6 Å². The molecule has 0 saturated heterocycles. The molecule has 1 aromatic carbocycles. The van der Waals surface area contributed by atoms with Gasteiger partial charge in [0, 0.05) is 6.54 Å². The molecule has 0 atom stereocenters. The zero-order valence-electron chi connectivity index (χ0n) is 13.6. The summed E-state index contributed by atoms with van der Waals surface area (Å²) in [5.41, 5.74) is 0.322. The van der Waals surface area contributed by atoms with Gasteiger partial charge < -0.3 is 10.1 Å². The molecule has 0 aliphatic heterocycles. The highest BCUT2D eigenvalue weighted by Crippen LogP contribution is 2.30. The fourth-order valence-corrected chi connectivity index (χ4v) is 2.95. The number of carbonyl (C=O) groups is 1. The van der Waals surface area contributed by atoms with Gasteiger partial charge in [0.1, 0.15) is 0 Å². The highest BCUT2D eigenvalue weighted by Gasteiger charge is 2.30. The first-order valence-electron chi connectivity index (χ1n) is 7.49. The van der Waals surface area contributed by atoms with Crippen LogP contribution in [0.3, 0.4) is 0 Å². The van der Waals surface area contributed by atoms with Crippen molar-refractivity contribution in [2.75, 3.05) is 7.11 Å². The average molecular weight is 381 g/mol. The van der Waals surface area contributed by atoms with E-state index >= 15 is 0 Å². The van der Waals surface area contributed by atoms with E-state index in [9.17, 15) is 18.0 Å². The molecule has 0 radical (unpaired) electrons. The lowest BCUT2D eigenvalue weighted by molar-refractivity contribution is -0.137. The van der Waals surface area contributed by atoms with Crippen LogP contribution in [0.2, 0.25) is 0 Å². The van der Waals surface area contributed by atoms with Crippen molar-refractivity contribution in [3.8, 4) is 11.4 Å². The highest BCUT2D eigenvalue weighted by molar-refractivity contribution is 7.07. The third-order valence-corrected chi connectivity index (χ3v) is 4.32. The smallest absolute Gasteiger partial charge is 0.416 e. The molecule has 2 aromatic heterocycles. The molecule has 0 bridgehead atoms. The first-order valence-corrected chi connectivity index (χ1v) is 8.43. The van der Waals surface area contributed by atoms with Crippen LogP contribution in [-0.4, -0.2) is 22.8 Å². The number of methoxy groups -OCH3 is 1. The van der Waals surface area contributed by atoms with Crippen LogP contribution < -0.4 is 10.1 Å². The van der Waals surface area contributed by atoms with Crippen LogP contribution in [0.5, 0.6) is 5.75 Å². The van der Waals surface area contributed by atoms with Crippen molar-refractivity contribution in [3.63, 3.8) is 0 Å². The van der Waals surface area contributed by atoms with Crippen molar-refractivity contribution in [3.05, 3.63) is 64.1 Å². The molecule has 2 heterocycles. The molecule has 5 nitrogen and oxygen atoms in total. The van der Waals surface area contributed by atoms with E-state index in [1.54, 1.807) is 0 Å². The van der Waals surface area contributed by atoms with Gasteiger partial charge in [-0.3, -0.25) is 4.79 Å². The van der Waals surface area contributed by atoms with Gasteiger partial charge in [-0.1, -0.05) is 6.07 Å². The van der Waals surface area contributed by atoms with Gasteiger partial charge in [-0.15, -0.1) is 0 Å². The van der Waals surface area contributed by atoms with Crippen molar-refractivity contribution in [1.82, 2.24) is 15.1 Å². The first kappa shape index (κ1) is 18.0. The molecular formula is C17H14F3N3O2S. The molecule has 0 unspecified atom stereocenters. The maximum absolute atomic E-state index is 12.9. The second kappa shape index (κ2) is 7.20. The number of carbonyl (C=O) groups excluding carboxylic acids is 1. The van der Waals surface area contributed by atoms with Gasteiger partial charge in [0.15, 0.2) is 11.4 Å². The van der Waals surface area contributed by atoms with Crippen molar-refractivity contribution in [2.24, 2.45) is 0 Å². The maximum Gasteiger partial charge on any atom is 0.416 e. The van der Waals surface area contributed by atoms with E-state index in [0.29, 0.717) is 6.54 Å².